The minimum atomic E-state index is -1.51. The highest BCUT2D eigenvalue weighted by atomic mass is 16.7. The maximum Gasteiger partial charge on any atom is 0.371 e. The molecule has 1 unspecified atom stereocenters. The highest BCUT2D eigenvalue weighted by Gasteiger charge is 2.49. The Bertz CT molecular complexity index is 1270. The molecule has 1 amide bonds. The lowest BCUT2D eigenvalue weighted by Crippen LogP contribution is -2.54. The van der Waals surface area contributed by atoms with E-state index in [1.54, 1.807) is 33.1 Å². The molecule has 2 saturated heterocycles. The first-order chi connectivity index (χ1) is 19.0. The van der Waals surface area contributed by atoms with Crippen molar-refractivity contribution >= 4 is 17.7 Å². The largest absolute Gasteiger partial charge is 0.493 e. The van der Waals surface area contributed by atoms with Crippen molar-refractivity contribution in [2.45, 2.75) is 45.0 Å². The molecule has 2 aliphatic heterocycles. The van der Waals surface area contributed by atoms with Gasteiger partial charge in [-0.3, -0.25) is 9.63 Å². The zero-order valence-electron chi connectivity index (χ0n) is 22.8. The molecule has 1 aromatic carbocycles. The van der Waals surface area contributed by atoms with Crippen LogP contribution < -0.4 is 14.4 Å². The van der Waals surface area contributed by atoms with E-state index in [1.807, 2.05) is 24.0 Å². The molecule has 0 saturated carbocycles. The Morgan fingerprint density at radius 1 is 1.18 bits per heavy atom. The number of hydrogen-bond donors (Lipinski definition) is 3. The number of methoxy groups -OCH3 is 1. The maximum absolute atomic E-state index is 12.6. The summed E-state index contributed by atoms with van der Waals surface area (Å²) in [6.07, 6.45) is -2.45. The van der Waals surface area contributed by atoms with Crippen molar-refractivity contribution in [1.82, 2.24) is 9.88 Å². The van der Waals surface area contributed by atoms with Gasteiger partial charge in [-0.2, -0.15) is 0 Å². The van der Waals surface area contributed by atoms with Crippen molar-refractivity contribution in [3.63, 3.8) is 0 Å². The van der Waals surface area contributed by atoms with Crippen LogP contribution in [0, 0.1) is 17.2 Å². The fourth-order valence-corrected chi connectivity index (χ4v) is 5.29. The molecular formula is C27H34N4O9. The molecule has 0 bridgehead atoms. The fourth-order valence-electron chi connectivity index (χ4n) is 5.29. The van der Waals surface area contributed by atoms with Crippen molar-refractivity contribution in [3.8, 4) is 11.5 Å². The van der Waals surface area contributed by atoms with E-state index in [-0.39, 0.29) is 30.7 Å². The zero-order chi connectivity index (χ0) is 29.2. The molecule has 40 heavy (non-hydrogen) atoms. The van der Waals surface area contributed by atoms with E-state index in [4.69, 9.17) is 9.47 Å². The molecule has 0 aliphatic carbocycles. The van der Waals surface area contributed by atoms with Gasteiger partial charge in [-0.15, -0.1) is 4.91 Å². The van der Waals surface area contributed by atoms with Gasteiger partial charge in [0.05, 0.1) is 44.2 Å². The van der Waals surface area contributed by atoms with Crippen LogP contribution in [0.4, 0.5) is 5.82 Å². The fraction of sp³-hybridized carbons (Fsp3) is 0.519. The highest BCUT2D eigenvalue weighted by molar-refractivity contribution is 5.90. The number of nitrogens with zero attached hydrogens (tertiary/aromatic N) is 4. The van der Waals surface area contributed by atoms with Crippen LogP contribution in [-0.2, 0) is 9.63 Å². The molecule has 4 atom stereocenters. The van der Waals surface area contributed by atoms with Gasteiger partial charge in [0.15, 0.2) is 22.9 Å². The number of amides is 1. The molecule has 216 valence electrons. The summed E-state index contributed by atoms with van der Waals surface area (Å²) < 4.78 is 11.8. The van der Waals surface area contributed by atoms with Crippen LogP contribution in [0.1, 0.15) is 41.4 Å². The number of carbonyl (C=O) groups excluding carboxylic acids is 2. The lowest BCUT2D eigenvalue weighted by molar-refractivity contribution is -0.141. The lowest BCUT2D eigenvalue weighted by atomic mass is 9.72. The second-order valence-corrected chi connectivity index (χ2v) is 10.5. The van der Waals surface area contributed by atoms with Crippen LogP contribution in [-0.4, -0.2) is 95.3 Å². The van der Waals surface area contributed by atoms with Crippen LogP contribution >= 0.6 is 0 Å². The quantitative estimate of drug-likeness (QED) is 0.282. The molecule has 13 nitrogen and oxygen atoms in total. The van der Waals surface area contributed by atoms with Crippen LogP contribution in [0.3, 0.4) is 0 Å². The monoisotopic (exact) mass is 558 g/mol. The van der Waals surface area contributed by atoms with Crippen LogP contribution in [0.25, 0.3) is 0 Å². The Hall–Kier alpha value is -3.81. The van der Waals surface area contributed by atoms with Gasteiger partial charge in [0, 0.05) is 24.4 Å². The third-order valence-corrected chi connectivity index (χ3v) is 7.92. The summed E-state index contributed by atoms with van der Waals surface area (Å²) in [5.74, 6) is -0.0213. The summed E-state index contributed by atoms with van der Waals surface area (Å²) in [5, 5.41) is 32.0. The number of aliphatic hydroxyl groups is 3. The van der Waals surface area contributed by atoms with Crippen molar-refractivity contribution in [2.24, 2.45) is 10.8 Å². The van der Waals surface area contributed by atoms with Gasteiger partial charge in [0.2, 0.25) is 0 Å². The molecule has 13 heteroatoms. The predicted molar refractivity (Wildman–Crippen MR) is 142 cm³/mol. The number of pyridine rings is 1. The smallest absolute Gasteiger partial charge is 0.371 e. The zero-order valence-corrected chi connectivity index (χ0v) is 22.8. The standard InChI is InChI=1S/C27H34N4O9/c1-15-19(26(36)40-29-37)6-8-24(28-15)30-10-18(11-30)39-23-9-17(5-7-22(23)38-4)20-12-31(25(35)21(34)13-32)14-27(20,3)16(2)33/h5-9,16,18,20-21,32-34H,10-14H2,1-4H3/t16?,20-,21-,27-/m0/s1. The lowest BCUT2D eigenvalue weighted by Gasteiger charge is -2.40. The number of aryl methyl sites for hydroxylation is 1. The first-order valence-electron chi connectivity index (χ1n) is 12.9. The van der Waals surface area contributed by atoms with Gasteiger partial charge in [-0.1, -0.05) is 13.0 Å². The summed E-state index contributed by atoms with van der Waals surface area (Å²) in [6.45, 7) is 6.07. The number of anilines is 1. The molecule has 2 aromatic rings. The van der Waals surface area contributed by atoms with E-state index < -0.39 is 36.1 Å². The number of carbonyl (C=O) groups is 2. The van der Waals surface area contributed by atoms with E-state index in [9.17, 15) is 29.8 Å². The summed E-state index contributed by atoms with van der Waals surface area (Å²) in [4.78, 5) is 46.6. The van der Waals surface area contributed by atoms with E-state index >= 15 is 0 Å². The molecule has 1 aromatic heterocycles. The number of aliphatic hydroxyl groups excluding tert-OH is 3. The summed E-state index contributed by atoms with van der Waals surface area (Å²) in [7, 11) is 1.54. The van der Waals surface area contributed by atoms with Gasteiger partial charge in [-0.05, 0) is 43.7 Å². The Morgan fingerprint density at radius 2 is 1.90 bits per heavy atom. The minimum absolute atomic E-state index is 0.153. The minimum Gasteiger partial charge on any atom is -0.493 e. The number of benzene rings is 1. The van der Waals surface area contributed by atoms with Gasteiger partial charge in [0.25, 0.3) is 5.91 Å². The summed E-state index contributed by atoms with van der Waals surface area (Å²) in [6, 6.07) is 8.70. The van der Waals surface area contributed by atoms with Gasteiger partial charge in [-0.25, -0.2) is 9.78 Å². The average Bonchev–Trinajstić information content (AvgIpc) is 3.28. The predicted octanol–water partition coefficient (Wildman–Crippen LogP) is 1.17. The molecular weight excluding hydrogens is 524 g/mol. The van der Waals surface area contributed by atoms with Gasteiger partial charge >= 0.3 is 5.97 Å². The topological polar surface area (TPSA) is 171 Å². The normalized spacial score (nSPS) is 22.3. The van der Waals surface area contributed by atoms with Crippen LogP contribution in [0.2, 0.25) is 0 Å². The third-order valence-electron chi connectivity index (χ3n) is 7.92. The Kier molecular flexibility index (Phi) is 8.57. The number of ether oxygens (including phenoxy) is 2. The first-order valence-corrected chi connectivity index (χ1v) is 12.9. The number of rotatable bonds is 10. The number of aromatic nitrogens is 1. The molecule has 0 spiro atoms. The Balaban J connectivity index is 1.49. The molecule has 3 heterocycles. The van der Waals surface area contributed by atoms with Crippen molar-refractivity contribution in [2.75, 3.05) is 44.8 Å². The number of likely N-dealkylation sites (tertiary alicyclic amines) is 1. The van der Waals surface area contributed by atoms with Crippen molar-refractivity contribution in [1.29, 1.82) is 0 Å². The van der Waals surface area contributed by atoms with E-state index in [0.29, 0.717) is 36.1 Å². The molecule has 2 aliphatic rings. The third kappa shape index (κ3) is 5.58. The summed E-state index contributed by atoms with van der Waals surface area (Å²) in [5.41, 5.74) is 0.698. The second-order valence-electron chi connectivity index (χ2n) is 10.5. The molecule has 2 fully saturated rings. The van der Waals surface area contributed by atoms with Gasteiger partial charge in [0.1, 0.15) is 11.9 Å². The average molecular weight is 559 g/mol. The van der Waals surface area contributed by atoms with Gasteiger partial charge < -0.3 is 34.6 Å². The first kappa shape index (κ1) is 29.2. The highest BCUT2D eigenvalue weighted by Crippen LogP contribution is 2.47. The summed E-state index contributed by atoms with van der Waals surface area (Å²) >= 11 is 0. The SMILES string of the molecule is COc1ccc([C@@H]2CN(C(=O)[C@@H](O)CO)C[C@@]2(C)C(C)O)cc1OC1CN(c2ccc(C(=O)ON=O)c(C)n2)C1. The van der Waals surface area contributed by atoms with E-state index in [1.165, 1.54) is 11.0 Å². The molecule has 3 N–H and O–H groups in total. The van der Waals surface area contributed by atoms with E-state index in [2.05, 4.69) is 15.2 Å². The molecule has 4 rings (SSSR count). The van der Waals surface area contributed by atoms with Crippen LogP contribution in [0.5, 0.6) is 11.5 Å². The van der Waals surface area contributed by atoms with E-state index in [0.717, 1.165) is 5.56 Å². The number of hydrogen-bond acceptors (Lipinski definition) is 12. The Labute approximate surface area is 231 Å². The Morgan fingerprint density at radius 3 is 2.50 bits per heavy atom. The van der Waals surface area contributed by atoms with Crippen molar-refractivity contribution < 1.29 is 39.2 Å². The van der Waals surface area contributed by atoms with Crippen LogP contribution in [0.15, 0.2) is 35.7 Å². The maximum atomic E-state index is 12.6. The van der Waals surface area contributed by atoms with Crippen molar-refractivity contribution in [3.05, 3.63) is 52.1 Å². The second kappa shape index (κ2) is 11.7. The molecule has 0 radical (unpaired) electrons.